The third-order valence-corrected chi connectivity index (χ3v) is 8.37. The fourth-order valence-electron chi connectivity index (χ4n) is 5.53. The maximum Gasteiger partial charge on any atom is 0.252 e. The first-order valence-electron chi connectivity index (χ1n) is 14.4. The number of hydrogen-bond donors (Lipinski definition) is 3. The molecule has 2 atom stereocenters. The molecule has 0 unspecified atom stereocenters. The van der Waals surface area contributed by atoms with E-state index in [2.05, 4.69) is 21.2 Å². The minimum Gasteiger partial charge on any atom is -0.497 e. The van der Waals surface area contributed by atoms with E-state index in [-0.39, 0.29) is 24.7 Å². The maximum absolute atomic E-state index is 14.5. The lowest BCUT2D eigenvalue weighted by atomic mass is 9.81. The number of methoxy groups -OCH3 is 1. The number of carbonyl (C=O) groups excluding carboxylic acids is 1. The van der Waals surface area contributed by atoms with Crippen molar-refractivity contribution >= 4 is 27.7 Å². The van der Waals surface area contributed by atoms with Gasteiger partial charge in [-0.2, -0.15) is 0 Å². The molecule has 5 rings (SSSR count). The zero-order chi connectivity index (χ0) is 29.5. The third-order valence-electron chi connectivity index (χ3n) is 7.85. The van der Waals surface area contributed by atoms with Crippen LogP contribution in [0.2, 0.25) is 0 Å². The number of nitrogens with zero attached hydrogens (tertiary/aromatic N) is 1. The Labute approximate surface area is 254 Å². The molecule has 9 heteroatoms. The van der Waals surface area contributed by atoms with Crippen LogP contribution in [0.15, 0.2) is 82.3 Å². The van der Waals surface area contributed by atoms with Crippen molar-refractivity contribution in [1.29, 1.82) is 0 Å². The van der Waals surface area contributed by atoms with E-state index < -0.39 is 11.6 Å². The number of ether oxygens (including phenoxy) is 3. The lowest BCUT2D eigenvalue weighted by molar-refractivity contribution is -0.130. The van der Waals surface area contributed by atoms with Gasteiger partial charge in [0.15, 0.2) is 11.6 Å². The first kappa shape index (κ1) is 30.1. The van der Waals surface area contributed by atoms with Crippen LogP contribution in [-0.4, -0.2) is 60.0 Å². The number of hydrogen-bond acceptors (Lipinski definition) is 7. The van der Waals surface area contributed by atoms with E-state index in [0.717, 1.165) is 21.2 Å². The summed E-state index contributed by atoms with van der Waals surface area (Å²) in [5.41, 5.74) is 1.15. The van der Waals surface area contributed by atoms with Crippen molar-refractivity contribution in [3.63, 3.8) is 0 Å². The van der Waals surface area contributed by atoms with E-state index in [0.29, 0.717) is 62.5 Å². The van der Waals surface area contributed by atoms with Gasteiger partial charge in [0.2, 0.25) is 5.90 Å². The molecule has 0 bridgehead atoms. The van der Waals surface area contributed by atoms with E-state index >= 15 is 0 Å². The molecule has 0 aromatic heterocycles. The van der Waals surface area contributed by atoms with E-state index in [9.17, 15) is 9.90 Å². The van der Waals surface area contributed by atoms with E-state index in [1.165, 1.54) is 0 Å². The van der Waals surface area contributed by atoms with Gasteiger partial charge in [-0.3, -0.25) is 4.79 Å². The molecule has 42 heavy (non-hydrogen) atoms. The van der Waals surface area contributed by atoms with Crippen molar-refractivity contribution in [3.8, 4) is 11.5 Å². The van der Waals surface area contributed by atoms with Crippen molar-refractivity contribution in [3.05, 3.63) is 94.0 Å². The highest BCUT2D eigenvalue weighted by molar-refractivity contribution is 9.10. The smallest absolute Gasteiger partial charge is 0.252 e. The highest BCUT2D eigenvalue weighted by Crippen LogP contribution is 2.43. The number of carbonyl (C=O) groups is 1. The van der Waals surface area contributed by atoms with Crippen LogP contribution in [-0.2, 0) is 16.0 Å². The van der Waals surface area contributed by atoms with Crippen molar-refractivity contribution in [2.45, 2.75) is 62.3 Å². The first-order valence-corrected chi connectivity index (χ1v) is 15.2. The SMILES string of the molecule is COc1cccc([C@H]2OC(c3ccc(OCCCO)cc3)=N[C@@]2(Cc2ccc(Br)cc2)C(=O)NC2CCC(O)CC2)c1. The van der Waals surface area contributed by atoms with Crippen molar-refractivity contribution < 1.29 is 29.2 Å². The number of halogens is 1. The summed E-state index contributed by atoms with van der Waals surface area (Å²) in [7, 11) is 1.61. The lowest BCUT2D eigenvalue weighted by Gasteiger charge is -2.34. The van der Waals surface area contributed by atoms with E-state index in [1.54, 1.807) is 7.11 Å². The quantitative estimate of drug-likeness (QED) is 0.252. The Morgan fingerprint density at radius 2 is 1.79 bits per heavy atom. The largest absolute Gasteiger partial charge is 0.497 e. The molecule has 1 amide bonds. The fraction of sp³-hybridized carbons (Fsp3) is 0.394. The van der Waals surface area contributed by atoms with Crippen LogP contribution in [0.25, 0.3) is 0 Å². The van der Waals surface area contributed by atoms with Crippen molar-refractivity contribution in [2.75, 3.05) is 20.3 Å². The van der Waals surface area contributed by atoms with Crippen LogP contribution >= 0.6 is 15.9 Å². The summed E-state index contributed by atoms with van der Waals surface area (Å²) in [4.78, 5) is 19.6. The van der Waals surface area contributed by atoms with Gasteiger partial charge < -0.3 is 29.7 Å². The Morgan fingerprint density at radius 1 is 1.05 bits per heavy atom. The molecule has 222 valence electrons. The molecular weight excluding hydrogens is 600 g/mol. The molecule has 0 radical (unpaired) electrons. The Balaban J connectivity index is 1.55. The van der Waals surface area contributed by atoms with Crippen molar-refractivity contribution in [2.24, 2.45) is 4.99 Å². The molecule has 2 aliphatic rings. The Bertz CT molecular complexity index is 1370. The molecule has 1 heterocycles. The first-order chi connectivity index (χ1) is 20.4. The summed E-state index contributed by atoms with van der Waals surface area (Å²) < 4.78 is 18.8. The highest BCUT2D eigenvalue weighted by atomic mass is 79.9. The lowest BCUT2D eigenvalue weighted by Crippen LogP contribution is -2.53. The highest BCUT2D eigenvalue weighted by Gasteiger charge is 2.53. The molecule has 3 aromatic rings. The van der Waals surface area contributed by atoms with E-state index in [4.69, 9.17) is 24.3 Å². The fourth-order valence-corrected chi connectivity index (χ4v) is 5.80. The standard InChI is InChI=1S/C33H37BrN2O6/c1-40-29-5-2-4-24(20-29)30-33(21-22-6-10-25(34)11-7-22,32(39)35-26-12-14-27(38)15-13-26)36-31(42-30)23-8-16-28(17-9-23)41-19-3-18-37/h2,4-11,16-17,20,26-27,30,37-38H,3,12-15,18-19,21H2,1H3,(H,35,39)/t26?,27?,30-,33-/m1/s1. The summed E-state index contributed by atoms with van der Waals surface area (Å²) in [6.45, 7) is 0.484. The number of rotatable bonds is 11. The van der Waals surface area contributed by atoms with Gasteiger partial charge in [-0.15, -0.1) is 0 Å². The normalized spacial score (nSPS) is 23.5. The average molecular weight is 638 g/mol. The second-order valence-corrected chi connectivity index (χ2v) is 11.8. The number of nitrogens with one attached hydrogen (secondary N) is 1. The van der Waals surface area contributed by atoms with E-state index in [1.807, 2.05) is 72.8 Å². The minimum atomic E-state index is -1.30. The average Bonchev–Trinajstić information content (AvgIpc) is 3.40. The Morgan fingerprint density at radius 3 is 2.48 bits per heavy atom. The summed E-state index contributed by atoms with van der Waals surface area (Å²) >= 11 is 3.51. The number of benzene rings is 3. The minimum absolute atomic E-state index is 0.0525. The van der Waals surface area contributed by atoms with Gasteiger partial charge in [0.05, 0.1) is 19.8 Å². The molecule has 1 aliphatic heterocycles. The monoisotopic (exact) mass is 636 g/mol. The second-order valence-electron chi connectivity index (χ2n) is 10.8. The molecule has 0 saturated heterocycles. The topological polar surface area (TPSA) is 110 Å². The predicted octanol–water partition coefficient (Wildman–Crippen LogP) is 5.14. The van der Waals surface area contributed by atoms with Crippen LogP contribution in [0.3, 0.4) is 0 Å². The van der Waals surface area contributed by atoms with Crippen LogP contribution in [0.4, 0.5) is 0 Å². The molecule has 3 N–H and O–H groups in total. The van der Waals surface area contributed by atoms with Crippen LogP contribution < -0.4 is 14.8 Å². The van der Waals surface area contributed by atoms with Gasteiger partial charge >= 0.3 is 0 Å². The molecule has 1 fully saturated rings. The van der Waals surface area contributed by atoms with Gasteiger partial charge in [-0.1, -0.05) is 40.2 Å². The van der Waals surface area contributed by atoms with Gasteiger partial charge in [0.25, 0.3) is 5.91 Å². The van der Waals surface area contributed by atoms with Crippen molar-refractivity contribution in [1.82, 2.24) is 5.32 Å². The van der Waals surface area contributed by atoms with Crippen LogP contribution in [0.1, 0.15) is 54.9 Å². The number of aliphatic imine (C=N–C) groups is 1. The van der Waals surface area contributed by atoms with Gasteiger partial charge in [-0.25, -0.2) is 4.99 Å². The van der Waals surface area contributed by atoms with Crippen LogP contribution in [0, 0.1) is 0 Å². The predicted molar refractivity (Wildman–Crippen MR) is 164 cm³/mol. The molecule has 1 aliphatic carbocycles. The maximum atomic E-state index is 14.5. The zero-order valence-electron chi connectivity index (χ0n) is 23.7. The zero-order valence-corrected chi connectivity index (χ0v) is 25.3. The third kappa shape index (κ3) is 6.97. The molecular formula is C33H37BrN2O6. The summed E-state index contributed by atoms with van der Waals surface area (Å²) in [5.74, 6) is 1.50. The van der Waals surface area contributed by atoms with Gasteiger partial charge in [0, 0.05) is 35.5 Å². The van der Waals surface area contributed by atoms with Gasteiger partial charge in [0.1, 0.15) is 11.5 Å². The molecule has 0 spiro atoms. The summed E-state index contributed by atoms with van der Waals surface area (Å²) in [6, 6.07) is 22.8. The number of aliphatic hydroxyl groups excluding tert-OH is 2. The Kier molecular flexibility index (Phi) is 9.82. The molecule has 3 aromatic carbocycles. The number of amides is 1. The Hall–Kier alpha value is -3.40. The number of aliphatic hydroxyl groups is 2. The summed E-state index contributed by atoms with van der Waals surface area (Å²) in [5, 5.41) is 22.4. The van der Waals surface area contributed by atoms with Gasteiger partial charge in [-0.05, 0) is 85.3 Å². The molecule has 1 saturated carbocycles. The summed E-state index contributed by atoms with van der Waals surface area (Å²) in [6.07, 6.45) is 2.54. The second kappa shape index (κ2) is 13.7. The molecule has 8 nitrogen and oxygen atoms in total. The van der Waals surface area contributed by atoms with Crippen LogP contribution in [0.5, 0.6) is 11.5 Å².